The van der Waals surface area contributed by atoms with Crippen LogP contribution in [0.25, 0.3) is 0 Å². The molecule has 5 heteroatoms. The number of anilines is 1. The molecule has 2 N–H and O–H groups in total. The first-order chi connectivity index (χ1) is 9.60. The summed E-state index contributed by atoms with van der Waals surface area (Å²) in [5.41, 5.74) is 1.40. The fourth-order valence-electron chi connectivity index (χ4n) is 2.03. The van der Waals surface area contributed by atoms with Crippen molar-refractivity contribution in [3.8, 4) is 0 Å². The van der Waals surface area contributed by atoms with Gasteiger partial charge in [-0.3, -0.25) is 4.79 Å². The molecule has 0 atom stereocenters. The van der Waals surface area contributed by atoms with Crippen molar-refractivity contribution in [1.29, 1.82) is 0 Å². The van der Waals surface area contributed by atoms with Gasteiger partial charge in [-0.1, -0.05) is 13.8 Å². The first-order valence-corrected chi connectivity index (χ1v) is 8.36. The van der Waals surface area contributed by atoms with E-state index in [1.807, 2.05) is 24.8 Å². The van der Waals surface area contributed by atoms with Crippen LogP contribution in [-0.2, 0) is 0 Å². The zero-order chi connectivity index (χ0) is 15.0. The lowest BCUT2D eigenvalue weighted by atomic mass is 10.0. The highest BCUT2D eigenvalue weighted by Crippen LogP contribution is 2.29. The summed E-state index contributed by atoms with van der Waals surface area (Å²) in [4.78, 5) is 16.3. The zero-order valence-corrected chi connectivity index (χ0v) is 13.6. The Morgan fingerprint density at radius 2 is 2.00 bits per heavy atom. The summed E-state index contributed by atoms with van der Waals surface area (Å²) in [6, 6.07) is 3.64. The molecule has 0 spiro atoms. The quantitative estimate of drug-likeness (QED) is 0.773. The number of thioether (sulfide) groups is 1. The van der Waals surface area contributed by atoms with Crippen molar-refractivity contribution in [2.75, 3.05) is 24.7 Å². The Kier molecular flexibility index (Phi) is 6.85. The van der Waals surface area contributed by atoms with Crippen LogP contribution in [0.2, 0.25) is 0 Å². The van der Waals surface area contributed by atoms with Crippen LogP contribution in [0.15, 0.2) is 18.3 Å². The number of rotatable bonds is 8. The van der Waals surface area contributed by atoms with Crippen LogP contribution >= 0.6 is 11.8 Å². The lowest BCUT2D eigenvalue weighted by Gasteiger charge is -2.29. The van der Waals surface area contributed by atoms with Gasteiger partial charge in [0.2, 0.25) is 0 Å². The highest BCUT2D eigenvalue weighted by molar-refractivity contribution is 8.00. The van der Waals surface area contributed by atoms with E-state index in [4.69, 9.17) is 0 Å². The number of nitrogens with one attached hydrogen (secondary N) is 2. The second kappa shape index (κ2) is 8.15. The summed E-state index contributed by atoms with van der Waals surface area (Å²) in [6.45, 7) is 7.87. The molecule has 1 aromatic rings. The lowest BCUT2D eigenvalue weighted by molar-refractivity contribution is 0.0944. The van der Waals surface area contributed by atoms with Gasteiger partial charge in [0.05, 0.1) is 11.9 Å². The van der Waals surface area contributed by atoms with Gasteiger partial charge in [0.15, 0.2) is 0 Å². The van der Waals surface area contributed by atoms with Crippen LogP contribution < -0.4 is 10.6 Å². The molecule has 0 saturated heterocycles. The Labute approximate surface area is 126 Å². The normalized spacial score (nSPS) is 11.2. The smallest absolute Gasteiger partial charge is 0.269 e. The molecular weight excluding hydrogens is 270 g/mol. The third-order valence-corrected chi connectivity index (χ3v) is 5.26. The molecule has 0 aliphatic carbocycles. The molecular formula is C15H25N3OS. The number of carbonyl (C=O) groups is 1. The predicted octanol–water partition coefficient (Wildman–Crippen LogP) is 3.17. The molecule has 20 heavy (non-hydrogen) atoms. The number of pyridine rings is 1. The Balaban J connectivity index is 2.62. The van der Waals surface area contributed by atoms with Crippen LogP contribution in [0.5, 0.6) is 0 Å². The summed E-state index contributed by atoms with van der Waals surface area (Å²) in [7, 11) is 0. The van der Waals surface area contributed by atoms with E-state index >= 15 is 0 Å². The van der Waals surface area contributed by atoms with E-state index < -0.39 is 0 Å². The van der Waals surface area contributed by atoms with Crippen LogP contribution in [-0.4, -0.2) is 35.0 Å². The summed E-state index contributed by atoms with van der Waals surface area (Å²) in [5, 5.41) is 6.16. The number of hydrogen-bond acceptors (Lipinski definition) is 4. The van der Waals surface area contributed by atoms with Crippen molar-refractivity contribution in [3.63, 3.8) is 0 Å². The van der Waals surface area contributed by atoms with E-state index in [-0.39, 0.29) is 10.7 Å². The average Bonchev–Trinajstić information content (AvgIpc) is 2.50. The molecule has 1 aromatic heterocycles. The van der Waals surface area contributed by atoms with Gasteiger partial charge in [0.1, 0.15) is 5.69 Å². The van der Waals surface area contributed by atoms with Gasteiger partial charge < -0.3 is 10.6 Å². The van der Waals surface area contributed by atoms with Crippen molar-refractivity contribution in [3.05, 3.63) is 24.0 Å². The molecule has 0 saturated carbocycles. The van der Waals surface area contributed by atoms with E-state index in [1.165, 1.54) is 0 Å². The topological polar surface area (TPSA) is 54.0 Å². The summed E-state index contributed by atoms with van der Waals surface area (Å²) in [6.07, 6.45) is 5.87. The zero-order valence-electron chi connectivity index (χ0n) is 12.8. The highest BCUT2D eigenvalue weighted by Gasteiger charge is 2.25. The monoisotopic (exact) mass is 295 g/mol. The van der Waals surface area contributed by atoms with Crippen molar-refractivity contribution >= 4 is 23.4 Å². The maximum Gasteiger partial charge on any atom is 0.269 e. The maximum absolute atomic E-state index is 12.1. The van der Waals surface area contributed by atoms with E-state index in [0.29, 0.717) is 12.2 Å². The number of nitrogens with zero attached hydrogens (tertiary/aromatic N) is 1. The summed E-state index contributed by atoms with van der Waals surface area (Å²) in [5.74, 6) is -0.103. The van der Waals surface area contributed by atoms with Gasteiger partial charge >= 0.3 is 0 Å². The van der Waals surface area contributed by atoms with Gasteiger partial charge in [-0.15, -0.1) is 0 Å². The molecule has 0 fully saturated rings. The highest BCUT2D eigenvalue weighted by atomic mass is 32.2. The standard InChI is InChI=1S/C15H25N3OS/c1-5-15(6-2,20-4)11-18-14(19)13-9-8-12(10-17-13)16-7-3/h8-10,16H,5-7,11H2,1-4H3,(H,18,19). The van der Waals surface area contributed by atoms with Crippen molar-refractivity contribution in [2.45, 2.75) is 38.4 Å². The van der Waals surface area contributed by atoms with Crippen LogP contribution in [0.1, 0.15) is 44.1 Å². The van der Waals surface area contributed by atoms with Gasteiger partial charge in [0.25, 0.3) is 5.91 Å². The second-order valence-electron chi connectivity index (χ2n) is 4.74. The first kappa shape index (κ1) is 16.8. The number of hydrogen-bond donors (Lipinski definition) is 2. The van der Waals surface area contributed by atoms with Gasteiger partial charge in [-0.05, 0) is 38.2 Å². The molecule has 0 aliphatic rings. The molecule has 0 radical (unpaired) electrons. The van der Waals surface area contributed by atoms with Crippen LogP contribution in [0.4, 0.5) is 5.69 Å². The Hall–Kier alpha value is -1.23. The minimum Gasteiger partial charge on any atom is -0.384 e. The molecule has 4 nitrogen and oxygen atoms in total. The van der Waals surface area contributed by atoms with Crippen LogP contribution in [0.3, 0.4) is 0 Å². The fourth-order valence-corrected chi connectivity index (χ4v) is 2.82. The number of aromatic nitrogens is 1. The minimum atomic E-state index is -0.103. The molecule has 1 amide bonds. The molecule has 1 heterocycles. The van der Waals surface area contributed by atoms with Gasteiger partial charge in [0, 0.05) is 17.8 Å². The van der Waals surface area contributed by atoms with E-state index in [1.54, 1.807) is 12.3 Å². The molecule has 0 aromatic carbocycles. The third kappa shape index (κ3) is 4.40. The van der Waals surface area contributed by atoms with E-state index in [0.717, 1.165) is 25.1 Å². The largest absolute Gasteiger partial charge is 0.384 e. The van der Waals surface area contributed by atoms with Crippen molar-refractivity contribution in [2.24, 2.45) is 0 Å². The number of carbonyl (C=O) groups excluding carboxylic acids is 1. The van der Waals surface area contributed by atoms with Crippen molar-refractivity contribution in [1.82, 2.24) is 10.3 Å². The molecule has 0 aliphatic heterocycles. The van der Waals surface area contributed by atoms with Crippen LogP contribution in [0, 0.1) is 0 Å². The fraction of sp³-hybridized carbons (Fsp3) is 0.600. The predicted molar refractivity (Wildman–Crippen MR) is 87.6 cm³/mol. The Morgan fingerprint density at radius 3 is 2.45 bits per heavy atom. The second-order valence-corrected chi connectivity index (χ2v) is 6.01. The lowest BCUT2D eigenvalue weighted by Crippen LogP contribution is -2.39. The van der Waals surface area contributed by atoms with Crippen molar-refractivity contribution < 1.29 is 4.79 Å². The molecule has 0 unspecified atom stereocenters. The SMILES string of the molecule is CCNc1ccc(C(=O)NCC(CC)(CC)SC)nc1. The summed E-state index contributed by atoms with van der Waals surface area (Å²) >= 11 is 1.82. The maximum atomic E-state index is 12.1. The van der Waals surface area contributed by atoms with Gasteiger partial charge in [-0.25, -0.2) is 4.98 Å². The third-order valence-electron chi connectivity index (χ3n) is 3.67. The molecule has 112 valence electrons. The van der Waals surface area contributed by atoms with E-state index in [2.05, 4.69) is 35.7 Å². The average molecular weight is 295 g/mol. The number of amides is 1. The van der Waals surface area contributed by atoms with E-state index in [9.17, 15) is 4.79 Å². The first-order valence-electron chi connectivity index (χ1n) is 7.14. The Bertz CT molecular complexity index is 407. The minimum absolute atomic E-state index is 0.103. The Morgan fingerprint density at radius 1 is 1.30 bits per heavy atom. The summed E-state index contributed by atoms with van der Waals surface area (Å²) < 4.78 is 0.124. The molecule has 0 bridgehead atoms. The van der Waals surface area contributed by atoms with Gasteiger partial charge in [-0.2, -0.15) is 11.8 Å². The molecule has 1 rings (SSSR count).